The molecule has 0 radical (unpaired) electrons. The van der Waals surface area contributed by atoms with E-state index in [-0.39, 0.29) is 0 Å². The molecule has 0 aromatic carbocycles. The van der Waals surface area contributed by atoms with E-state index in [2.05, 4.69) is 34.6 Å². The van der Waals surface area contributed by atoms with Crippen LogP contribution in [-0.2, 0) is 0 Å². The fourth-order valence-corrected chi connectivity index (χ4v) is 3.61. The van der Waals surface area contributed by atoms with Gasteiger partial charge in [-0.05, 0) is 48.9 Å². The molecule has 0 heteroatoms. The summed E-state index contributed by atoms with van der Waals surface area (Å²) >= 11 is 0. The summed E-state index contributed by atoms with van der Waals surface area (Å²) < 4.78 is 0. The lowest BCUT2D eigenvalue weighted by Gasteiger charge is -2.35. The minimum absolute atomic E-state index is 0.582. The summed E-state index contributed by atoms with van der Waals surface area (Å²) in [5, 5.41) is 0. The molecule has 13 heavy (non-hydrogen) atoms. The van der Waals surface area contributed by atoms with Gasteiger partial charge < -0.3 is 0 Å². The van der Waals surface area contributed by atoms with E-state index < -0.39 is 0 Å². The molecule has 78 valence electrons. The van der Waals surface area contributed by atoms with E-state index in [0.29, 0.717) is 5.41 Å². The minimum atomic E-state index is 0.582. The van der Waals surface area contributed by atoms with Crippen molar-refractivity contribution >= 4 is 0 Å². The summed E-state index contributed by atoms with van der Waals surface area (Å²) in [5.74, 6) is 2.80. The highest BCUT2D eigenvalue weighted by atomic mass is 14.3. The predicted octanol–water partition coefficient (Wildman–Crippen LogP) is 4.49. The van der Waals surface area contributed by atoms with Crippen molar-refractivity contribution in [3.63, 3.8) is 0 Å². The molecule has 0 aromatic rings. The molecule has 1 fully saturated rings. The summed E-state index contributed by atoms with van der Waals surface area (Å²) in [6.07, 6.45) is 5.71. The molecule has 1 rings (SSSR count). The van der Waals surface area contributed by atoms with Crippen LogP contribution in [0.4, 0.5) is 0 Å². The normalized spacial score (nSPS) is 40.8. The van der Waals surface area contributed by atoms with Gasteiger partial charge in [0.05, 0.1) is 0 Å². The van der Waals surface area contributed by atoms with Crippen LogP contribution in [0, 0.1) is 23.2 Å². The van der Waals surface area contributed by atoms with Crippen molar-refractivity contribution in [1.29, 1.82) is 0 Å². The summed E-state index contributed by atoms with van der Waals surface area (Å²) in [6.45, 7) is 12.2. The maximum atomic E-state index is 2.44. The van der Waals surface area contributed by atoms with Crippen molar-refractivity contribution in [2.24, 2.45) is 23.2 Å². The van der Waals surface area contributed by atoms with Gasteiger partial charge in [0.2, 0.25) is 0 Å². The average Bonchev–Trinajstić information content (AvgIpc) is 1.78. The molecule has 2 unspecified atom stereocenters. The molecule has 0 spiro atoms. The zero-order valence-electron chi connectivity index (χ0n) is 10.1. The van der Waals surface area contributed by atoms with Crippen molar-refractivity contribution in [2.45, 2.75) is 60.3 Å². The van der Waals surface area contributed by atoms with E-state index in [1.165, 1.54) is 25.7 Å². The highest BCUT2D eigenvalue weighted by Crippen LogP contribution is 2.39. The molecule has 0 saturated heterocycles. The van der Waals surface area contributed by atoms with Gasteiger partial charge in [0.1, 0.15) is 0 Å². The number of rotatable bonds is 0. The average molecular weight is 182 g/mol. The van der Waals surface area contributed by atoms with Gasteiger partial charge in [-0.15, -0.1) is 0 Å². The summed E-state index contributed by atoms with van der Waals surface area (Å²) in [7, 11) is 0. The van der Waals surface area contributed by atoms with Gasteiger partial charge in [-0.2, -0.15) is 0 Å². The monoisotopic (exact) mass is 182 g/mol. The minimum Gasteiger partial charge on any atom is -0.0625 e. The molecular formula is C13H26. The molecule has 0 amide bonds. The topological polar surface area (TPSA) is 0 Å². The molecule has 0 nitrogen and oxygen atoms in total. The van der Waals surface area contributed by atoms with E-state index in [9.17, 15) is 0 Å². The van der Waals surface area contributed by atoms with Crippen LogP contribution in [0.3, 0.4) is 0 Å². The van der Waals surface area contributed by atoms with Crippen LogP contribution in [0.5, 0.6) is 0 Å². The Balaban J connectivity index is 2.59. The maximum absolute atomic E-state index is 2.44. The summed E-state index contributed by atoms with van der Waals surface area (Å²) in [4.78, 5) is 0. The van der Waals surface area contributed by atoms with Crippen molar-refractivity contribution in [2.75, 3.05) is 0 Å². The van der Waals surface area contributed by atoms with E-state index in [0.717, 1.165) is 17.8 Å². The summed E-state index contributed by atoms with van der Waals surface area (Å²) in [5.41, 5.74) is 0.582. The smallest absolute Gasteiger partial charge is 0.0349 e. The van der Waals surface area contributed by atoms with E-state index in [1.807, 2.05) is 0 Å². The lowest BCUT2D eigenvalue weighted by atomic mass is 9.70. The second-order valence-electron chi connectivity index (χ2n) is 6.36. The Labute approximate surface area is 84.1 Å². The Bertz CT molecular complexity index is 141. The van der Waals surface area contributed by atoms with E-state index in [1.54, 1.807) is 0 Å². The first kappa shape index (κ1) is 11.1. The van der Waals surface area contributed by atoms with Gasteiger partial charge in [-0.25, -0.2) is 0 Å². The third-order valence-corrected chi connectivity index (χ3v) is 3.41. The van der Waals surface area contributed by atoms with Crippen LogP contribution in [-0.4, -0.2) is 0 Å². The first-order chi connectivity index (χ1) is 5.89. The quantitative estimate of drug-likeness (QED) is 0.517. The first-order valence-electron chi connectivity index (χ1n) is 5.89. The number of hydrogen-bond donors (Lipinski definition) is 0. The van der Waals surface area contributed by atoms with Gasteiger partial charge in [0.15, 0.2) is 0 Å². The second kappa shape index (κ2) is 4.02. The highest BCUT2D eigenvalue weighted by molar-refractivity contribution is 4.79. The lowest BCUT2D eigenvalue weighted by molar-refractivity contribution is 0.158. The SMILES string of the molecule is CC1CC(C)CC(C)(C)CC(C)C1. The maximum Gasteiger partial charge on any atom is -0.0349 e. The standard InChI is InChI=1S/C13H26/c1-10-6-11(2)8-13(4,5)9-12(3)7-10/h10-12H,6-9H2,1-5H3. The first-order valence-corrected chi connectivity index (χ1v) is 5.89. The summed E-state index contributed by atoms with van der Waals surface area (Å²) in [6, 6.07) is 0. The zero-order valence-corrected chi connectivity index (χ0v) is 10.1. The van der Waals surface area contributed by atoms with Crippen LogP contribution < -0.4 is 0 Å². The van der Waals surface area contributed by atoms with Gasteiger partial charge in [0.25, 0.3) is 0 Å². The molecule has 2 atom stereocenters. The third kappa shape index (κ3) is 3.70. The molecule has 0 aromatic heterocycles. The Morgan fingerprint density at radius 2 is 1.15 bits per heavy atom. The molecular weight excluding hydrogens is 156 g/mol. The molecule has 1 aliphatic rings. The zero-order chi connectivity index (χ0) is 10.1. The number of hydrogen-bond acceptors (Lipinski definition) is 0. The van der Waals surface area contributed by atoms with Crippen LogP contribution in [0.25, 0.3) is 0 Å². The molecule has 0 aliphatic heterocycles. The van der Waals surface area contributed by atoms with Gasteiger partial charge >= 0.3 is 0 Å². The van der Waals surface area contributed by atoms with Crippen LogP contribution in [0.1, 0.15) is 60.3 Å². The molecule has 0 bridgehead atoms. The second-order valence-corrected chi connectivity index (χ2v) is 6.36. The molecule has 1 saturated carbocycles. The fourth-order valence-electron chi connectivity index (χ4n) is 3.61. The van der Waals surface area contributed by atoms with Gasteiger partial charge in [-0.1, -0.05) is 34.6 Å². The van der Waals surface area contributed by atoms with Crippen LogP contribution in [0.2, 0.25) is 0 Å². The molecule has 0 heterocycles. The Morgan fingerprint density at radius 1 is 0.769 bits per heavy atom. The fraction of sp³-hybridized carbons (Fsp3) is 1.00. The predicted molar refractivity (Wildman–Crippen MR) is 59.7 cm³/mol. The van der Waals surface area contributed by atoms with Crippen molar-refractivity contribution in [1.82, 2.24) is 0 Å². The Kier molecular flexibility index (Phi) is 3.43. The highest BCUT2D eigenvalue weighted by Gasteiger charge is 2.27. The molecule has 1 aliphatic carbocycles. The van der Waals surface area contributed by atoms with Crippen molar-refractivity contribution in [3.05, 3.63) is 0 Å². The van der Waals surface area contributed by atoms with E-state index >= 15 is 0 Å². The molecule has 0 N–H and O–H groups in total. The Hall–Kier alpha value is 0. The lowest BCUT2D eigenvalue weighted by Crippen LogP contribution is -2.24. The van der Waals surface area contributed by atoms with E-state index in [4.69, 9.17) is 0 Å². The van der Waals surface area contributed by atoms with Crippen LogP contribution >= 0.6 is 0 Å². The van der Waals surface area contributed by atoms with Gasteiger partial charge in [-0.3, -0.25) is 0 Å². The largest absolute Gasteiger partial charge is 0.0625 e. The van der Waals surface area contributed by atoms with Crippen LogP contribution in [0.15, 0.2) is 0 Å². The third-order valence-electron chi connectivity index (χ3n) is 3.41. The van der Waals surface area contributed by atoms with Crippen molar-refractivity contribution < 1.29 is 0 Å². The van der Waals surface area contributed by atoms with Crippen molar-refractivity contribution in [3.8, 4) is 0 Å². The van der Waals surface area contributed by atoms with Gasteiger partial charge in [0, 0.05) is 0 Å². The Morgan fingerprint density at radius 3 is 1.54 bits per heavy atom.